The van der Waals surface area contributed by atoms with Crippen LogP contribution in [0.15, 0.2) is 18.2 Å². The van der Waals surface area contributed by atoms with Crippen LogP contribution < -0.4 is 25.0 Å². The minimum Gasteiger partial charge on any atom is -0.486 e. The molecular weight excluding hydrogens is 348 g/mol. The van der Waals surface area contributed by atoms with Gasteiger partial charge in [-0.05, 0) is 25.2 Å². The standard InChI is InChI=1S/C19H28N4O4/c1-3-22(4-2)8-7-20-19(25)21-14-11-18(24)23(13-14)15-5-6-16-17(12-15)27-10-9-26-16/h5-6,12,14H,3-4,7-11,13H2,1-2H3,(H2,20,21,25). The summed E-state index contributed by atoms with van der Waals surface area (Å²) in [6, 6.07) is 5.04. The van der Waals surface area contributed by atoms with Gasteiger partial charge in [-0.2, -0.15) is 0 Å². The number of nitrogens with one attached hydrogen (secondary N) is 2. The number of likely N-dealkylation sites (N-methyl/N-ethyl adjacent to an activating group) is 1. The van der Waals surface area contributed by atoms with Crippen LogP contribution in [-0.4, -0.2) is 68.8 Å². The fourth-order valence-corrected chi connectivity index (χ4v) is 3.36. The molecular formula is C19H28N4O4. The van der Waals surface area contributed by atoms with Crippen LogP contribution in [0.4, 0.5) is 10.5 Å². The molecule has 2 heterocycles. The summed E-state index contributed by atoms with van der Waals surface area (Å²) in [5.74, 6) is 1.33. The summed E-state index contributed by atoms with van der Waals surface area (Å²) in [7, 11) is 0. The van der Waals surface area contributed by atoms with Crippen molar-refractivity contribution in [2.45, 2.75) is 26.3 Å². The second kappa shape index (κ2) is 8.94. The number of nitrogens with zero attached hydrogens (tertiary/aromatic N) is 2. The molecule has 3 rings (SSSR count). The Morgan fingerprint density at radius 1 is 1.22 bits per heavy atom. The zero-order chi connectivity index (χ0) is 19.2. The Morgan fingerprint density at radius 2 is 1.96 bits per heavy atom. The summed E-state index contributed by atoms with van der Waals surface area (Å²) < 4.78 is 11.1. The highest BCUT2D eigenvalue weighted by Crippen LogP contribution is 2.35. The van der Waals surface area contributed by atoms with Gasteiger partial charge in [0.25, 0.3) is 0 Å². The first kappa shape index (κ1) is 19.3. The minimum absolute atomic E-state index is 0.0138. The molecule has 1 unspecified atom stereocenters. The van der Waals surface area contributed by atoms with Crippen molar-refractivity contribution in [1.82, 2.24) is 15.5 Å². The van der Waals surface area contributed by atoms with Crippen LogP contribution in [0.25, 0.3) is 0 Å². The van der Waals surface area contributed by atoms with Crippen LogP contribution in [0, 0.1) is 0 Å². The van der Waals surface area contributed by atoms with Crippen LogP contribution in [0.2, 0.25) is 0 Å². The quantitative estimate of drug-likeness (QED) is 0.747. The monoisotopic (exact) mass is 376 g/mol. The molecule has 1 aromatic rings. The van der Waals surface area contributed by atoms with Gasteiger partial charge < -0.3 is 29.9 Å². The van der Waals surface area contributed by atoms with E-state index in [1.807, 2.05) is 18.2 Å². The summed E-state index contributed by atoms with van der Waals surface area (Å²) in [5, 5.41) is 5.76. The van der Waals surface area contributed by atoms with Crippen molar-refractivity contribution in [2.75, 3.05) is 50.8 Å². The Balaban J connectivity index is 1.51. The Hall–Kier alpha value is -2.48. The largest absolute Gasteiger partial charge is 0.486 e. The Bertz CT molecular complexity index is 678. The van der Waals surface area contributed by atoms with Gasteiger partial charge in [-0.3, -0.25) is 4.79 Å². The Kier molecular flexibility index (Phi) is 6.39. The second-order valence-corrected chi connectivity index (χ2v) is 6.66. The van der Waals surface area contributed by atoms with Crippen LogP contribution in [0.1, 0.15) is 20.3 Å². The van der Waals surface area contributed by atoms with Crippen molar-refractivity contribution >= 4 is 17.6 Å². The molecule has 0 spiro atoms. The highest BCUT2D eigenvalue weighted by Gasteiger charge is 2.32. The SMILES string of the molecule is CCN(CC)CCNC(=O)NC1CC(=O)N(c2ccc3c(c2)OCCO3)C1. The number of anilines is 1. The number of carbonyl (C=O) groups is 2. The third-order valence-electron chi connectivity index (χ3n) is 4.91. The molecule has 0 aliphatic carbocycles. The fraction of sp³-hybridized carbons (Fsp3) is 0.579. The normalized spacial score (nSPS) is 18.7. The second-order valence-electron chi connectivity index (χ2n) is 6.66. The smallest absolute Gasteiger partial charge is 0.315 e. The maximum atomic E-state index is 12.4. The molecule has 1 aromatic carbocycles. The van der Waals surface area contributed by atoms with Gasteiger partial charge in [0, 0.05) is 37.8 Å². The molecule has 2 aliphatic rings. The molecule has 8 nitrogen and oxygen atoms in total. The average Bonchev–Trinajstić information content (AvgIpc) is 3.04. The lowest BCUT2D eigenvalue weighted by Gasteiger charge is -2.22. The molecule has 27 heavy (non-hydrogen) atoms. The number of benzene rings is 1. The van der Waals surface area contributed by atoms with Crippen molar-refractivity contribution in [3.63, 3.8) is 0 Å². The number of carbonyl (C=O) groups excluding carboxylic acids is 2. The first-order valence-corrected chi connectivity index (χ1v) is 9.57. The van der Waals surface area contributed by atoms with Gasteiger partial charge >= 0.3 is 6.03 Å². The fourth-order valence-electron chi connectivity index (χ4n) is 3.36. The maximum Gasteiger partial charge on any atom is 0.315 e. The van der Waals surface area contributed by atoms with E-state index in [1.54, 1.807) is 4.90 Å². The van der Waals surface area contributed by atoms with Gasteiger partial charge in [-0.15, -0.1) is 0 Å². The number of fused-ring (bicyclic) bond motifs is 1. The number of amides is 3. The van der Waals surface area contributed by atoms with E-state index < -0.39 is 0 Å². The third kappa shape index (κ3) is 4.82. The summed E-state index contributed by atoms with van der Waals surface area (Å²) in [5.41, 5.74) is 0.760. The lowest BCUT2D eigenvalue weighted by Crippen LogP contribution is -2.45. The third-order valence-corrected chi connectivity index (χ3v) is 4.91. The van der Waals surface area contributed by atoms with Gasteiger partial charge in [0.1, 0.15) is 13.2 Å². The predicted octanol–water partition coefficient (Wildman–Crippen LogP) is 1.20. The van der Waals surface area contributed by atoms with Crippen molar-refractivity contribution < 1.29 is 19.1 Å². The van der Waals surface area contributed by atoms with Crippen molar-refractivity contribution in [2.24, 2.45) is 0 Å². The van der Waals surface area contributed by atoms with Crippen molar-refractivity contribution in [3.8, 4) is 11.5 Å². The summed E-state index contributed by atoms with van der Waals surface area (Å²) in [6.45, 7) is 8.99. The van der Waals surface area contributed by atoms with E-state index >= 15 is 0 Å². The Labute approximate surface area is 159 Å². The molecule has 0 aromatic heterocycles. The summed E-state index contributed by atoms with van der Waals surface area (Å²) >= 11 is 0. The summed E-state index contributed by atoms with van der Waals surface area (Å²) in [6.07, 6.45) is 0.290. The van der Waals surface area contributed by atoms with E-state index in [4.69, 9.17) is 9.47 Å². The van der Waals surface area contributed by atoms with Crippen LogP contribution in [-0.2, 0) is 4.79 Å². The average molecular weight is 376 g/mol. The van der Waals surface area contributed by atoms with Crippen LogP contribution in [0.5, 0.6) is 11.5 Å². The first-order valence-electron chi connectivity index (χ1n) is 9.57. The maximum absolute atomic E-state index is 12.4. The van der Waals surface area contributed by atoms with Gasteiger partial charge in [0.15, 0.2) is 11.5 Å². The molecule has 3 amide bonds. The topological polar surface area (TPSA) is 83.1 Å². The van der Waals surface area contributed by atoms with Gasteiger partial charge in [-0.1, -0.05) is 13.8 Å². The highest BCUT2D eigenvalue weighted by atomic mass is 16.6. The van der Waals surface area contributed by atoms with Crippen LogP contribution in [0.3, 0.4) is 0 Å². The zero-order valence-electron chi connectivity index (χ0n) is 16.0. The number of urea groups is 1. The summed E-state index contributed by atoms with van der Waals surface area (Å²) in [4.78, 5) is 28.4. The number of rotatable bonds is 7. The van der Waals surface area contributed by atoms with E-state index in [2.05, 4.69) is 29.4 Å². The predicted molar refractivity (Wildman–Crippen MR) is 103 cm³/mol. The molecule has 2 aliphatic heterocycles. The van der Waals surface area contributed by atoms with Crippen LogP contribution >= 0.6 is 0 Å². The number of ether oxygens (including phenoxy) is 2. The Morgan fingerprint density at radius 3 is 2.70 bits per heavy atom. The van der Waals surface area contributed by atoms with Gasteiger partial charge in [-0.25, -0.2) is 4.79 Å². The van der Waals surface area contributed by atoms with E-state index in [0.717, 1.165) is 25.3 Å². The minimum atomic E-state index is -0.232. The molecule has 2 N–H and O–H groups in total. The van der Waals surface area contributed by atoms with Gasteiger partial charge in [0.05, 0.1) is 6.04 Å². The molecule has 0 bridgehead atoms. The molecule has 1 atom stereocenters. The van der Waals surface area contributed by atoms with E-state index in [1.165, 1.54) is 0 Å². The van der Waals surface area contributed by atoms with Crippen molar-refractivity contribution in [1.29, 1.82) is 0 Å². The first-order chi connectivity index (χ1) is 13.1. The van der Waals surface area contributed by atoms with Gasteiger partial charge in [0.2, 0.25) is 5.91 Å². The lowest BCUT2D eigenvalue weighted by molar-refractivity contribution is -0.117. The lowest BCUT2D eigenvalue weighted by atomic mass is 10.2. The molecule has 148 valence electrons. The number of hydrogen-bond donors (Lipinski definition) is 2. The van der Waals surface area contributed by atoms with E-state index in [0.29, 0.717) is 37.8 Å². The van der Waals surface area contributed by atoms with Crippen molar-refractivity contribution in [3.05, 3.63) is 18.2 Å². The highest BCUT2D eigenvalue weighted by molar-refractivity contribution is 5.97. The molecule has 1 fully saturated rings. The van der Waals surface area contributed by atoms with E-state index in [9.17, 15) is 9.59 Å². The molecule has 1 saturated heterocycles. The zero-order valence-corrected chi connectivity index (χ0v) is 16.0. The number of hydrogen-bond acceptors (Lipinski definition) is 5. The molecule has 0 saturated carbocycles. The molecule has 0 radical (unpaired) electrons. The molecule has 8 heteroatoms. The van der Waals surface area contributed by atoms with E-state index in [-0.39, 0.29) is 24.4 Å².